The Balaban J connectivity index is 0.000000754. The molecule has 3 N–H and O–H groups in total. The highest BCUT2D eigenvalue weighted by Gasteiger charge is 2.04. The number of nitrogens with one attached hydrogen (secondary N) is 1. The Kier molecular flexibility index (Phi) is 11.9. The normalized spacial score (nSPS) is 10.9. The lowest BCUT2D eigenvalue weighted by molar-refractivity contribution is -0.159. The van der Waals surface area contributed by atoms with E-state index in [4.69, 9.17) is 24.5 Å². The van der Waals surface area contributed by atoms with Gasteiger partial charge in [-0.2, -0.15) is 0 Å². The van der Waals surface area contributed by atoms with Gasteiger partial charge in [0.1, 0.15) is 5.75 Å². The van der Waals surface area contributed by atoms with Crippen molar-refractivity contribution in [1.29, 1.82) is 0 Å². The zero-order chi connectivity index (χ0) is 18.4. The number of hydrogen-bond acceptors (Lipinski definition) is 4. The summed E-state index contributed by atoms with van der Waals surface area (Å²) >= 11 is 0. The maximum atomic E-state index is 9.10. The third-order valence-corrected chi connectivity index (χ3v) is 3.30. The van der Waals surface area contributed by atoms with Crippen LogP contribution in [0.2, 0.25) is 0 Å². The van der Waals surface area contributed by atoms with E-state index in [1.165, 1.54) is 12.0 Å². The van der Waals surface area contributed by atoms with Gasteiger partial charge in [-0.3, -0.25) is 0 Å². The molecule has 0 aliphatic rings. The van der Waals surface area contributed by atoms with Gasteiger partial charge >= 0.3 is 11.9 Å². The van der Waals surface area contributed by atoms with Crippen molar-refractivity contribution in [2.45, 2.75) is 32.6 Å². The summed E-state index contributed by atoms with van der Waals surface area (Å²) in [6, 6.07) is 8.47. The minimum atomic E-state index is -1.82. The Morgan fingerprint density at radius 1 is 1.25 bits per heavy atom. The Morgan fingerprint density at radius 2 is 1.83 bits per heavy atom. The molecule has 0 aliphatic carbocycles. The number of carboxylic acid groups (broad SMARTS) is 2. The first kappa shape index (κ1) is 21.7. The predicted octanol–water partition coefficient (Wildman–Crippen LogP) is 2.90. The molecule has 1 unspecified atom stereocenters. The highest BCUT2D eigenvalue weighted by atomic mass is 16.5. The minimum Gasteiger partial charge on any atom is -0.494 e. The first-order valence-electron chi connectivity index (χ1n) is 7.92. The molecular formula is C18H27NO5. The van der Waals surface area contributed by atoms with Crippen LogP contribution in [-0.2, 0) is 9.59 Å². The summed E-state index contributed by atoms with van der Waals surface area (Å²) in [5, 5.41) is 18.0. The van der Waals surface area contributed by atoms with Crippen LogP contribution in [0, 0.1) is 0 Å². The summed E-state index contributed by atoms with van der Waals surface area (Å²) in [5.41, 5.74) is 1.39. The van der Waals surface area contributed by atoms with Gasteiger partial charge in [-0.15, -0.1) is 6.58 Å². The van der Waals surface area contributed by atoms with Crippen LogP contribution in [0.4, 0.5) is 0 Å². The second-order valence-corrected chi connectivity index (χ2v) is 5.18. The van der Waals surface area contributed by atoms with Crippen molar-refractivity contribution in [2.75, 3.05) is 19.7 Å². The summed E-state index contributed by atoms with van der Waals surface area (Å²) in [4.78, 5) is 18.2. The maximum absolute atomic E-state index is 9.10. The second kappa shape index (κ2) is 13.1. The van der Waals surface area contributed by atoms with Crippen LogP contribution in [-0.4, -0.2) is 41.8 Å². The lowest BCUT2D eigenvalue weighted by Gasteiger charge is -2.10. The van der Waals surface area contributed by atoms with Gasteiger partial charge in [0.15, 0.2) is 0 Å². The largest absolute Gasteiger partial charge is 0.494 e. The summed E-state index contributed by atoms with van der Waals surface area (Å²) in [6.45, 7) is 10.7. The van der Waals surface area contributed by atoms with Crippen molar-refractivity contribution < 1.29 is 24.5 Å². The molecule has 0 fully saturated rings. The highest BCUT2D eigenvalue weighted by molar-refractivity contribution is 6.27. The van der Waals surface area contributed by atoms with Crippen molar-refractivity contribution in [3.8, 4) is 5.75 Å². The third kappa shape index (κ3) is 10.4. The van der Waals surface area contributed by atoms with Gasteiger partial charge in [0.25, 0.3) is 0 Å². The van der Waals surface area contributed by atoms with Crippen molar-refractivity contribution in [3.63, 3.8) is 0 Å². The van der Waals surface area contributed by atoms with Gasteiger partial charge in [-0.25, -0.2) is 9.59 Å². The van der Waals surface area contributed by atoms with Gasteiger partial charge in [0.05, 0.1) is 6.61 Å². The fraction of sp³-hybridized carbons (Fsp3) is 0.444. The Labute approximate surface area is 143 Å². The van der Waals surface area contributed by atoms with E-state index < -0.39 is 11.9 Å². The third-order valence-electron chi connectivity index (χ3n) is 3.30. The summed E-state index contributed by atoms with van der Waals surface area (Å²) in [6.07, 6.45) is 4.06. The van der Waals surface area contributed by atoms with Crippen molar-refractivity contribution in [3.05, 3.63) is 42.5 Å². The molecule has 0 saturated heterocycles. The molecule has 0 aromatic heterocycles. The zero-order valence-corrected chi connectivity index (χ0v) is 14.3. The summed E-state index contributed by atoms with van der Waals surface area (Å²) in [7, 11) is 0. The lowest BCUT2D eigenvalue weighted by atomic mass is 9.99. The standard InChI is InChI=1S/C16H25NO.C2H2O4/c1-4-11-17-12-6-13-18-16-9-7-15(8-10-16)14(3)5-2;3-1(4)2(5)6/h4,7-10,14,17H,1,5-6,11-13H2,2-3H3;(H,3,4)(H,5,6). The van der Waals surface area contributed by atoms with Crippen LogP contribution >= 0.6 is 0 Å². The second-order valence-electron chi connectivity index (χ2n) is 5.18. The molecule has 0 spiro atoms. The first-order chi connectivity index (χ1) is 11.4. The average molecular weight is 337 g/mol. The molecule has 1 aromatic rings. The van der Waals surface area contributed by atoms with Crippen LogP contribution in [0.1, 0.15) is 38.2 Å². The molecule has 1 atom stereocenters. The van der Waals surface area contributed by atoms with E-state index in [1.807, 2.05) is 6.08 Å². The smallest absolute Gasteiger partial charge is 0.414 e. The molecule has 0 bridgehead atoms. The Morgan fingerprint density at radius 3 is 2.29 bits per heavy atom. The summed E-state index contributed by atoms with van der Waals surface area (Å²) in [5.74, 6) is -2.06. The van der Waals surface area contributed by atoms with E-state index in [0.717, 1.165) is 31.9 Å². The number of ether oxygens (including phenoxy) is 1. The predicted molar refractivity (Wildman–Crippen MR) is 93.6 cm³/mol. The van der Waals surface area contributed by atoms with E-state index in [2.05, 4.69) is 50.0 Å². The molecule has 1 aromatic carbocycles. The fourth-order valence-electron chi connectivity index (χ4n) is 1.72. The topological polar surface area (TPSA) is 95.9 Å². The van der Waals surface area contributed by atoms with Crippen molar-refractivity contribution >= 4 is 11.9 Å². The van der Waals surface area contributed by atoms with Crippen LogP contribution < -0.4 is 10.1 Å². The van der Waals surface area contributed by atoms with Crippen molar-refractivity contribution in [1.82, 2.24) is 5.32 Å². The molecule has 24 heavy (non-hydrogen) atoms. The number of aliphatic carboxylic acids is 2. The fourth-order valence-corrected chi connectivity index (χ4v) is 1.72. The molecule has 6 heteroatoms. The van der Waals surface area contributed by atoms with Gasteiger partial charge < -0.3 is 20.3 Å². The monoisotopic (exact) mass is 337 g/mol. The van der Waals surface area contributed by atoms with Crippen LogP contribution in [0.3, 0.4) is 0 Å². The number of benzene rings is 1. The average Bonchev–Trinajstić information content (AvgIpc) is 2.58. The number of hydrogen-bond donors (Lipinski definition) is 3. The van der Waals surface area contributed by atoms with Crippen LogP contribution in [0.5, 0.6) is 5.75 Å². The SMILES string of the molecule is C=CCNCCCOc1ccc(C(C)CC)cc1.O=C(O)C(=O)O. The Hall–Kier alpha value is -2.34. The van der Waals surface area contributed by atoms with Gasteiger partial charge in [-0.05, 0) is 43.0 Å². The van der Waals surface area contributed by atoms with Gasteiger partial charge in [0.2, 0.25) is 0 Å². The van der Waals surface area contributed by atoms with Gasteiger partial charge in [0, 0.05) is 6.54 Å². The molecule has 0 saturated carbocycles. The quantitative estimate of drug-likeness (QED) is 0.364. The van der Waals surface area contributed by atoms with E-state index in [0.29, 0.717) is 5.92 Å². The highest BCUT2D eigenvalue weighted by Crippen LogP contribution is 2.21. The molecule has 0 amide bonds. The zero-order valence-electron chi connectivity index (χ0n) is 14.3. The molecule has 134 valence electrons. The van der Waals surface area contributed by atoms with E-state index >= 15 is 0 Å². The molecular weight excluding hydrogens is 310 g/mol. The van der Waals surface area contributed by atoms with E-state index in [-0.39, 0.29) is 0 Å². The summed E-state index contributed by atoms with van der Waals surface area (Å²) < 4.78 is 5.69. The molecule has 0 aliphatic heterocycles. The molecule has 0 heterocycles. The minimum absolute atomic E-state index is 0.627. The number of carboxylic acids is 2. The van der Waals surface area contributed by atoms with E-state index in [9.17, 15) is 0 Å². The van der Waals surface area contributed by atoms with Crippen molar-refractivity contribution in [2.24, 2.45) is 0 Å². The Bertz CT molecular complexity index is 487. The number of carbonyl (C=O) groups is 2. The first-order valence-corrected chi connectivity index (χ1v) is 7.92. The molecule has 0 radical (unpaired) electrons. The molecule has 6 nitrogen and oxygen atoms in total. The molecule has 1 rings (SSSR count). The van der Waals surface area contributed by atoms with Crippen LogP contribution in [0.25, 0.3) is 0 Å². The van der Waals surface area contributed by atoms with E-state index in [1.54, 1.807) is 0 Å². The van der Waals surface area contributed by atoms with Gasteiger partial charge in [-0.1, -0.05) is 32.1 Å². The maximum Gasteiger partial charge on any atom is 0.414 e. The lowest BCUT2D eigenvalue weighted by Crippen LogP contribution is -2.17. The van der Waals surface area contributed by atoms with Crippen LogP contribution in [0.15, 0.2) is 36.9 Å². The number of rotatable bonds is 9.